The molecule has 0 aliphatic rings. The van der Waals surface area contributed by atoms with Crippen molar-refractivity contribution >= 4 is 39.5 Å². The maximum Gasteiger partial charge on any atom is 0.275 e. The first-order valence-corrected chi connectivity index (χ1v) is 6.97. The summed E-state index contributed by atoms with van der Waals surface area (Å²) in [7, 11) is 0. The van der Waals surface area contributed by atoms with E-state index in [1.54, 1.807) is 40.5 Å². The maximum absolute atomic E-state index is 12.1. The van der Waals surface area contributed by atoms with Crippen molar-refractivity contribution in [1.82, 2.24) is 14.6 Å². The van der Waals surface area contributed by atoms with E-state index in [1.165, 1.54) is 18.3 Å². The molecule has 0 aliphatic heterocycles. The molecule has 0 radical (unpaired) electrons. The van der Waals surface area contributed by atoms with Crippen LogP contribution in [-0.2, 0) is 4.79 Å². The zero-order valence-electron chi connectivity index (χ0n) is 11.0. The number of fused-ring (bicyclic) bond motifs is 1. The van der Waals surface area contributed by atoms with Crippen molar-refractivity contribution in [3.63, 3.8) is 0 Å². The minimum absolute atomic E-state index is 0.141. The molecule has 2 aromatic heterocycles. The van der Waals surface area contributed by atoms with Crippen LogP contribution in [0.25, 0.3) is 4.96 Å². The van der Waals surface area contributed by atoms with E-state index in [9.17, 15) is 9.59 Å². The molecule has 0 spiro atoms. The second-order valence-electron chi connectivity index (χ2n) is 4.30. The standard InChI is InChI=1S/C13H11N5O2S/c1-8(19)15-9-2-4-10(5-3-9)16-12(20)11-6-18-13(17-11)21-7-14-18/h2-7H,1H3,(H,15,19)(H,16,20). The van der Waals surface area contributed by atoms with Crippen molar-refractivity contribution < 1.29 is 9.59 Å². The van der Waals surface area contributed by atoms with Gasteiger partial charge in [-0.25, -0.2) is 9.50 Å². The van der Waals surface area contributed by atoms with Crippen LogP contribution in [0.1, 0.15) is 17.4 Å². The van der Waals surface area contributed by atoms with Gasteiger partial charge in [0.15, 0.2) is 0 Å². The summed E-state index contributed by atoms with van der Waals surface area (Å²) in [6.07, 6.45) is 1.58. The molecule has 3 aromatic rings. The molecule has 2 heterocycles. The van der Waals surface area contributed by atoms with Gasteiger partial charge in [0, 0.05) is 18.3 Å². The van der Waals surface area contributed by atoms with Crippen molar-refractivity contribution in [1.29, 1.82) is 0 Å². The van der Waals surface area contributed by atoms with Crippen LogP contribution in [-0.4, -0.2) is 26.4 Å². The molecule has 0 unspecified atom stereocenters. The molecule has 106 valence electrons. The Kier molecular flexibility index (Phi) is 3.36. The molecule has 0 saturated carbocycles. The largest absolute Gasteiger partial charge is 0.326 e. The number of nitrogens with one attached hydrogen (secondary N) is 2. The highest BCUT2D eigenvalue weighted by Gasteiger charge is 2.12. The summed E-state index contributed by atoms with van der Waals surface area (Å²) in [5, 5.41) is 9.42. The SMILES string of the molecule is CC(=O)Nc1ccc(NC(=O)c2cn3ncsc3n2)cc1. The maximum atomic E-state index is 12.1. The molecular weight excluding hydrogens is 290 g/mol. The second-order valence-corrected chi connectivity index (χ2v) is 5.12. The lowest BCUT2D eigenvalue weighted by Crippen LogP contribution is -2.12. The van der Waals surface area contributed by atoms with E-state index in [0.717, 1.165) is 0 Å². The van der Waals surface area contributed by atoms with Crippen LogP contribution >= 0.6 is 11.3 Å². The number of amides is 2. The third kappa shape index (κ3) is 2.90. The van der Waals surface area contributed by atoms with Crippen LogP contribution in [0.4, 0.5) is 11.4 Å². The van der Waals surface area contributed by atoms with E-state index in [4.69, 9.17) is 0 Å². The van der Waals surface area contributed by atoms with Gasteiger partial charge in [-0.1, -0.05) is 11.3 Å². The van der Waals surface area contributed by atoms with E-state index in [2.05, 4.69) is 20.7 Å². The van der Waals surface area contributed by atoms with Crippen molar-refractivity contribution in [2.75, 3.05) is 10.6 Å². The smallest absolute Gasteiger partial charge is 0.275 e. The highest BCUT2D eigenvalue weighted by molar-refractivity contribution is 7.14. The van der Waals surface area contributed by atoms with Gasteiger partial charge in [0.1, 0.15) is 11.2 Å². The lowest BCUT2D eigenvalue weighted by Gasteiger charge is -2.05. The summed E-state index contributed by atoms with van der Waals surface area (Å²) in [4.78, 5) is 27.8. The number of anilines is 2. The number of benzene rings is 1. The number of rotatable bonds is 3. The Hall–Kier alpha value is -2.74. The van der Waals surface area contributed by atoms with Gasteiger partial charge in [0.25, 0.3) is 5.91 Å². The molecule has 0 atom stereocenters. The Morgan fingerprint density at radius 1 is 1.14 bits per heavy atom. The number of hydrogen-bond acceptors (Lipinski definition) is 5. The number of carbonyl (C=O) groups excluding carboxylic acids is 2. The summed E-state index contributed by atoms with van der Waals surface area (Å²) < 4.78 is 1.56. The third-order valence-electron chi connectivity index (χ3n) is 2.68. The summed E-state index contributed by atoms with van der Waals surface area (Å²) >= 11 is 1.36. The van der Waals surface area contributed by atoms with Gasteiger partial charge in [0.05, 0.1) is 6.20 Å². The fourth-order valence-corrected chi connectivity index (χ4v) is 2.39. The number of hydrogen-bond donors (Lipinski definition) is 2. The van der Waals surface area contributed by atoms with Crippen molar-refractivity contribution in [3.8, 4) is 0 Å². The van der Waals surface area contributed by atoms with Gasteiger partial charge < -0.3 is 10.6 Å². The van der Waals surface area contributed by atoms with E-state index < -0.39 is 0 Å². The van der Waals surface area contributed by atoms with E-state index in [0.29, 0.717) is 22.0 Å². The van der Waals surface area contributed by atoms with Crippen LogP contribution in [0.2, 0.25) is 0 Å². The Morgan fingerprint density at radius 2 is 1.81 bits per heavy atom. The quantitative estimate of drug-likeness (QED) is 0.774. The van der Waals surface area contributed by atoms with Crippen LogP contribution < -0.4 is 10.6 Å². The summed E-state index contributed by atoms with van der Waals surface area (Å²) in [5.41, 5.74) is 3.26. The van der Waals surface area contributed by atoms with Crippen LogP contribution in [0, 0.1) is 0 Å². The van der Waals surface area contributed by atoms with Crippen LogP contribution in [0.5, 0.6) is 0 Å². The fraction of sp³-hybridized carbons (Fsp3) is 0.0769. The number of carbonyl (C=O) groups is 2. The molecule has 0 bridgehead atoms. The normalized spacial score (nSPS) is 10.5. The van der Waals surface area contributed by atoms with Crippen LogP contribution in [0.3, 0.4) is 0 Å². The van der Waals surface area contributed by atoms with Gasteiger partial charge in [-0.2, -0.15) is 5.10 Å². The first-order valence-electron chi connectivity index (χ1n) is 6.10. The zero-order chi connectivity index (χ0) is 14.8. The molecule has 0 saturated heterocycles. The monoisotopic (exact) mass is 301 g/mol. The van der Waals surface area contributed by atoms with E-state index in [1.807, 2.05) is 0 Å². The van der Waals surface area contributed by atoms with Crippen LogP contribution in [0.15, 0.2) is 36.0 Å². The molecule has 21 heavy (non-hydrogen) atoms. The molecule has 7 nitrogen and oxygen atoms in total. The molecule has 1 aromatic carbocycles. The lowest BCUT2D eigenvalue weighted by atomic mass is 10.2. The number of aromatic nitrogens is 3. The predicted molar refractivity (Wildman–Crippen MR) is 79.6 cm³/mol. The molecule has 8 heteroatoms. The van der Waals surface area contributed by atoms with Crippen molar-refractivity contribution in [2.45, 2.75) is 6.92 Å². The summed E-state index contributed by atoms with van der Waals surface area (Å²) in [6.45, 7) is 1.44. The Morgan fingerprint density at radius 3 is 2.43 bits per heavy atom. The topological polar surface area (TPSA) is 88.4 Å². The van der Waals surface area contributed by atoms with E-state index >= 15 is 0 Å². The highest BCUT2D eigenvalue weighted by Crippen LogP contribution is 2.15. The van der Waals surface area contributed by atoms with Gasteiger partial charge in [-0.05, 0) is 24.3 Å². The average molecular weight is 301 g/mol. The average Bonchev–Trinajstić information content (AvgIpc) is 3.01. The van der Waals surface area contributed by atoms with Gasteiger partial charge >= 0.3 is 0 Å². The molecule has 2 amide bonds. The van der Waals surface area contributed by atoms with Gasteiger partial charge in [-0.3, -0.25) is 9.59 Å². The first-order chi connectivity index (χ1) is 10.1. The molecule has 2 N–H and O–H groups in total. The third-order valence-corrected chi connectivity index (χ3v) is 3.37. The minimum Gasteiger partial charge on any atom is -0.326 e. The Balaban J connectivity index is 1.72. The van der Waals surface area contributed by atoms with E-state index in [-0.39, 0.29) is 11.8 Å². The molecule has 0 aliphatic carbocycles. The number of nitrogens with zero attached hydrogens (tertiary/aromatic N) is 3. The molecule has 3 rings (SSSR count). The molecular formula is C13H11N5O2S. The summed E-state index contributed by atoms with van der Waals surface area (Å²) in [6, 6.07) is 6.84. The zero-order valence-corrected chi connectivity index (χ0v) is 11.8. The Labute approximate surface area is 123 Å². The fourth-order valence-electron chi connectivity index (χ4n) is 1.78. The van der Waals surface area contributed by atoms with Gasteiger partial charge in [0.2, 0.25) is 10.9 Å². The predicted octanol–water partition coefficient (Wildman–Crippen LogP) is 2.00. The van der Waals surface area contributed by atoms with Crippen molar-refractivity contribution in [2.24, 2.45) is 0 Å². The molecule has 0 fully saturated rings. The van der Waals surface area contributed by atoms with Gasteiger partial charge in [-0.15, -0.1) is 0 Å². The first kappa shape index (κ1) is 13.3. The Bertz CT molecular complexity index is 777. The summed E-state index contributed by atoms with van der Waals surface area (Å²) in [5.74, 6) is -0.447. The highest BCUT2D eigenvalue weighted by atomic mass is 32.1. The lowest BCUT2D eigenvalue weighted by molar-refractivity contribution is -0.114. The minimum atomic E-state index is -0.306. The second kappa shape index (κ2) is 5.33. The number of imidazole rings is 1. The van der Waals surface area contributed by atoms with Crippen molar-refractivity contribution in [3.05, 3.63) is 41.7 Å².